The Balaban J connectivity index is 4.14. The van der Waals surface area contributed by atoms with Crippen LogP contribution in [0.1, 0.15) is 277 Å². The number of carbonyl (C=O) groups excluding carboxylic acids is 2. The lowest BCUT2D eigenvalue weighted by molar-refractivity contribution is -0.870. The fraction of sp³-hybridized carbons (Fsp3) is 0.810. The number of likely N-dealkylation sites (N-methyl/N-ethyl adjacent to an activating group) is 1. The number of nitrogens with zero attached hydrogens (tertiary/aromatic N) is 1. The van der Waals surface area contributed by atoms with E-state index < -0.39 is 26.5 Å². The Bertz CT molecular complexity index is 1420. The third-order valence-electron chi connectivity index (χ3n) is 13.3. The predicted molar refractivity (Wildman–Crippen MR) is 310 cm³/mol. The molecule has 2 unspecified atom stereocenters. The SMILES string of the molecule is CC/C=C\C/C=C\C/C=C\C/C=C\C/C=C\CCCCCCCCCCCC(=O)OC(COC(=O)CCCCCCCCCCCCCCCCCCCCCCCCCC)COP(=O)([O-])OCC[N+](C)(C)C. The fourth-order valence-electron chi connectivity index (χ4n) is 8.63. The van der Waals surface area contributed by atoms with Crippen LogP contribution in [0.4, 0.5) is 0 Å². The number of ether oxygens (including phenoxy) is 2. The van der Waals surface area contributed by atoms with Crippen LogP contribution >= 0.6 is 7.82 Å². The van der Waals surface area contributed by atoms with Gasteiger partial charge in [0.2, 0.25) is 0 Å². The largest absolute Gasteiger partial charge is 0.756 e. The van der Waals surface area contributed by atoms with Crippen LogP contribution in [0.25, 0.3) is 0 Å². The van der Waals surface area contributed by atoms with Crippen molar-refractivity contribution in [2.45, 2.75) is 283 Å². The Labute approximate surface area is 451 Å². The average Bonchev–Trinajstić information content (AvgIpc) is 3.35. The van der Waals surface area contributed by atoms with Gasteiger partial charge >= 0.3 is 11.9 Å². The highest BCUT2D eigenvalue weighted by molar-refractivity contribution is 7.45. The number of carbonyl (C=O) groups is 2. The molecule has 0 rings (SSSR count). The number of rotatable bonds is 56. The number of quaternary nitrogens is 1. The first-order valence-electron chi connectivity index (χ1n) is 30.5. The molecular weight excluding hydrogens is 930 g/mol. The van der Waals surface area contributed by atoms with Gasteiger partial charge in [0.15, 0.2) is 6.10 Å². The van der Waals surface area contributed by atoms with Crippen LogP contribution in [0.15, 0.2) is 60.8 Å². The zero-order valence-corrected chi connectivity index (χ0v) is 49.2. The van der Waals surface area contributed by atoms with E-state index in [4.69, 9.17) is 18.5 Å². The number of hydrogen-bond acceptors (Lipinski definition) is 8. The highest BCUT2D eigenvalue weighted by Crippen LogP contribution is 2.38. The van der Waals surface area contributed by atoms with Crippen molar-refractivity contribution in [3.63, 3.8) is 0 Å². The summed E-state index contributed by atoms with van der Waals surface area (Å²) in [4.78, 5) is 37.9. The van der Waals surface area contributed by atoms with Crippen LogP contribution in [0, 0.1) is 0 Å². The molecule has 0 aromatic carbocycles. The molecule has 73 heavy (non-hydrogen) atoms. The molecule has 0 saturated heterocycles. The van der Waals surface area contributed by atoms with Gasteiger partial charge in [-0.05, 0) is 57.8 Å². The van der Waals surface area contributed by atoms with Crippen molar-refractivity contribution < 1.29 is 42.1 Å². The van der Waals surface area contributed by atoms with Crippen molar-refractivity contribution in [2.75, 3.05) is 47.5 Å². The molecule has 426 valence electrons. The summed E-state index contributed by atoms with van der Waals surface area (Å²) >= 11 is 0. The van der Waals surface area contributed by atoms with Gasteiger partial charge in [0.05, 0.1) is 27.7 Å². The number of unbranched alkanes of at least 4 members (excludes halogenated alkanes) is 32. The van der Waals surface area contributed by atoms with Gasteiger partial charge in [0, 0.05) is 12.8 Å². The Morgan fingerprint density at radius 2 is 0.781 bits per heavy atom. The quantitative estimate of drug-likeness (QED) is 0.0195. The molecule has 0 aromatic heterocycles. The summed E-state index contributed by atoms with van der Waals surface area (Å²) in [5, 5.41) is 0. The molecule has 0 N–H and O–H groups in total. The van der Waals surface area contributed by atoms with E-state index in [9.17, 15) is 19.0 Å². The number of phosphoric ester groups is 1. The molecule has 0 amide bonds. The summed E-state index contributed by atoms with van der Waals surface area (Å²) in [6.07, 6.45) is 69.8. The smallest absolute Gasteiger partial charge is 0.306 e. The van der Waals surface area contributed by atoms with E-state index in [-0.39, 0.29) is 32.0 Å². The molecule has 0 fully saturated rings. The lowest BCUT2D eigenvalue weighted by Crippen LogP contribution is -2.37. The topological polar surface area (TPSA) is 111 Å². The minimum atomic E-state index is -4.64. The molecule has 0 aromatic rings. The molecule has 0 aliphatic heterocycles. The molecule has 0 radical (unpaired) electrons. The van der Waals surface area contributed by atoms with Gasteiger partial charge in [-0.3, -0.25) is 14.2 Å². The van der Waals surface area contributed by atoms with Crippen LogP contribution in [-0.2, 0) is 32.7 Å². The van der Waals surface area contributed by atoms with Crippen LogP contribution < -0.4 is 4.89 Å². The standard InChI is InChI=1S/C63H116NO8P/c1-6-8-10-12-14-16-18-20-22-24-26-28-30-32-34-36-38-40-42-44-46-48-50-52-54-56-63(66)72-61(60-71-73(67,68)70-58-57-64(3,4)5)59-69-62(65)55-53-51-49-47-45-43-41-39-37-35-33-31-29-27-25-23-21-19-17-15-13-11-9-7-2/h8,10,14,16,20,22,26,28,32,34,61H,6-7,9,11-13,15,17-19,21,23-25,27,29-31,33,35-60H2,1-5H3/b10-8-,16-14-,22-20-,28-26-,34-32-. The molecule has 0 aliphatic carbocycles. The predicted octanol–water partition coefficient (Wildman–Crippen LogP) is 18.5. The fourth-order valence-corrected chi connectivity index (χ4v) is 9.36. The van der Waals surface area contributed by atoms with Gasteiger partial charge in [-0.25, -0.2) is 0 Å². The third-order valence-corrected chi connectivity index (χ3v) is 14.3. The summed E-state index contributed by atoms with van der Waals surface area (Å²) in [6, 6.07) is 0. The molecule has 0 aliphatic rings. The third kappa shape index (κ3) is 58.8. The summed E-state index contributed by atoms with van der Waals surface area (Å²) in [6.45, 7) is 4.16. The van der Waals surface area contributed by atoms with Crippen LogP contribution in [0.2, 0.25) is 0 Å². The number of esters is 2. The first-order chi connectivity index (χ1) is 35.5. The van der Waals surface area contributed by atoms with Gasteiger partial charge in [-0.1, -0.05) is 267 Å². The van der Waals surface area contributed by atoms with Gasteiger partial charge in [0.1, 0.15) is 19.8 Å². The first-order valence-corrected chi connectivity index (χ1v) is 32.0. The second-order valence-corrected chi connectivity index (χ2v) is 23.1. The van der Waals surface area contributed by atoms with Gasteiger partial charge < -0.3 is 27.9 Å². The summed E-state index contributed by atoms with van der Waals surface area (Å²) in [5.41, 5.74) is 0. The average molecular weight is 1050 g/mol. The Morgan fingerprint density at radius 3 is 1.16 bits per heavy atom. The maximum absolute atomic E-state index is 12.8. The monoisotopic (exact) mass is 1050 g/mol. The van der Waals surface area contributed by atoms with Crippen LogP contribution in [0.3, 0.4) is 0 Å². The van der Waals surface area contributed by atoms with E-state index in [1.807, 2.05) is 21.1 Å². The Hall–Kier alpha value is -2.29. The van der Waals surface area contributed by atoms with E-state index in [1.54, 1.807) is 0 Å². The highest BCUT2D eigenvalue weighted by atomic mass is 31.2. The second-order valence-electron chi connectivity index (χ2n) is 21.7. The number of phosphoric acid groups is 1. The van der Waals surface area contributed by atoms with E-state index in [0.29, 0.717) is 17.4 Å². The molecule has 0 heterocycles. The highest BCUT2D eigenvalue weighted by Gasteiger charge is 2.22. The molecule has 0 spiro atoms. The second kappa shape index (κ2) is 54.5. The van der Waals surface area contributed by atoms with Crippen molar-refractivity contribution >= 4 is 19.8 Å². The first kappa shape index (κ1) is 70.7. The van der Waals surface area contributed by atoms with Crippen molar-refractivity contribution in [2.24, 2.45) is 0 Å². The minimum absolute atomic E-state index is 0.0326. The van der Waals surface area contributed by atoms with E-state index in [0.717, 1.165) is 77.0 Å². The molecular formula is C63H116NO8P. The van der Waals surface area contributed by atoms with Crippen molar-refractivity contribution in [3.05, 3.63) is 60.8 Å². The molecule has 0 saturated carbocycles. The zero-order chi connectivity index (χ0) is 53.5. The summed E-state index contributed by atoms with van der Waals surface area (Å²) in [7, 11) is 1.17. The number of allylic oxidation sites excluding steroid dienone is 10. The van der Waals surface area contributed by atoms with Gasteiger partial charge in [0.25, 0.3) is 7.82 Å². The normalized spacial score (nSPS) is 13.7. The Kier molecular flexibility index (Phi) is 52.8. The van der Waals surface area contributed by atoms with Gasteiger partial charge in [-0.15, -0.1) is 0 Å². The molecule has 10 heteroatoms. The van der Waals surface area contributed by atoms with E-state index in [2.05, 4.69) is 74.6 Å². The summed E-state index contributed by atoms with van der Waals surface area (Å²) < 4.78 is 34.2. The van der Waals surface area contributed by atoms with E-state index in [1.165, 1.54) is 167 Å². The molecule has 9 nitrogen and oxygen atoms in total. The lowest BCUT2D eigenvalue weighted by Gasteiger charge is -2.28. The summed E-state index contributed by atoms with van der Waals surface area (Å²) in [5.74, 6) is -0.830. The van der Waals surface area contributed by atoms with Crippen molar-refractivity contribution in [3.8, 4) is 0 Å². The molecule has 2 atom stereocenters. The zero-order valence-electron chi connectivity index (χ0n) is 48.3. The van der Waals surface area contributed by atoms with Crippen molar-refractivity contribution in [1.29, 1.82) is 0 Å². The number of hydrogen-bond donors (Lipinski definition) is 0. The maximum atomic E-state index is 12.8. The van der Waals surface area contributed by atoms with Crippen LogP contribution in [-0.4, -0.2) is 70.0 Å². The lowest BCUT2D eigenvalue weighted by atomic mass is 10.0. The molecule has 0 bridgehead atoms. The minimum Gasteiger partial charge on any atom is -0.756 e. The van der Waals surface area contributed by atoms with E-state index >= 15 is 0 Å². The van der Waals surface area contributed by atoms with Crippen molar-refractivity contribution in [1.82, 2.24) is 0 Å². The van der Waals surface area contributed by atoms with Crippen LogP contribution in [0.5, 0.6) is 0 Å². The Morgan fingerprint density at radius 1 is 0.438 bits per heavy atom. The maximum Gasteiger partial charge on any atom is 0.306 e. The van der Waals surface area contributed by atoms with Gasteiger partial charge in [-0.2, -0.15) is 0 Å².